The second-order valence-corrected chi connectivity index (χ2v) is 7.03. The highest BCUT2D eigenvalue weighted by Gasteiger charge is 2.24. The van der Waals surface area contributed by atoms with E-state index in [1.807, 2.05) is 19.1 Å². The SMILES string of the molecule is CC(CC(=O)Nc1ccc(-c2n[nH]c(CN)n2)cc1)NC(=O)C1CCCC1. The number of anilines is 1. The first-order valence-corrected chi connectivity index (χ1v) is 9.37. The molecule has 1 aromatic carbocycles. The van der Waals surface area contributed by atoms with Crippen LogP contribution in [-0.2, 0) is 16.1 Å². The summed E-state index contributed by atoms with van der Waals surface area (Å²) in [6, 6.07) is 7.08. The zero-order chi connectivity index (χ0) is 19.2. The maximum Gasteiger partial charge on any atom is 0.226 e. The Kier molecular flexibility index (Phi) is 6.18. The van der Waals surface area contributed by atoms with Crippen LogP contribution in [0, 0.1) is 5.92 Å². The topological polar surface area (TPSA) is 126 Å². The highest BCUT2D eigenvalue weighted by Crippen LogP contribution is 2.25. The summed E-state index contributed by atoms with van der Waals surface area (Å²) in [4.78, 5) is 28.6. The molecule has 0 spiro atoms. The van der Waals surface area contributed by atoms with Gasteiger partial charge in [0.25, 0.3) is 0 Å². The predicted octanol–water partition coefficient (Wildman–Crippen LogP) is 1.95. The van der Waals surface area contributed by atoms with Crippen molar-refractivity contribution in [2.45, 2.75) is 51.6 Å². The van der Waals surface area contributed by atoms with Gasteiger partial charge in [0.15, 0.2) is 5.82 Å². The molecule has 8 heteroatoms. The normalized spacial score (nSPS) is 15.5. The molecular weight excluding hydrogens is 344 g/mol. The van der Waals surface area contributed by atoms with E-state index in [9.17, 15) is 9.59 Å². The Hall–Kier alpha value is -2.74. The van der Waals surface area contributed by atoms with Crippen LogP contribution in [0.15, 0.2) is 24.3 Å². The van der Waals surface area contributed by atoms with Gasteiger partial charge in [0.2, 0.25) is 11.8 Å². The summed E-state index contributed by atoms with van der Waals surface area (Å²) >= 11 is 0. The lowest BCUT2D eigenvalue weighted by Gasteiger charge is -2.16. The minimum Gasteiger partial charge on any atom is -0.353 e. The molecule has 1 aliphatic rings. The molecule has 8 nitrogen and oxygen atoms in total. The number of benzene rings is 1. The van der Waals surface area contributed by atoms with Crippen LogP contribution in [0.5, 0.6) is 0 Å². The standard InChI is InChI=1S/C19H26N6O2/c1-12(21-19(27)14-4-2-3-5-14)10-17(26)22-15-8-6-13(7-9-15)18-23-16(11-20)24-25-18/h6-9,12,14H,2-5,10-11,20H2,1H3,(H,21,27)(H,22,26)(H,23,24,25). The predicted molar refractivity (Wildman–Crippen MR) is 103 cm³/mol. The number of carbonyl (C=O) groups is 2. The number of hydrogen-bond donors (Lipinski definition) is 4. The van der Waals surface area contributed by atoms with Crippen LogP contribution in [0.3, 0.4) is 0 Å². The van der Waals surface area contributed by atoms with Gasteiger partial charge in [-0.1, -0.05) is 12.8 Å². The van der Waals surface area contributed by atoms with E-state index in [4.69, 9.17) is 5.73 Å². The van der Waals surface area contributed by atoms with Crippen LogP contribution >= 0.6 is 0 Å². The highest BCUT2D eigenvalue weighted by atomic mass is 16.2. The van der Waals surface area contributed by atoms with Gasteiger partial charge in [-0.3, -0.25) is 14.7 Å². The van der Waals surface area contributed by atoms with E-state index in [1.165, 1.54) is 0 Å². The van der Waals surface area contributed by atoms with Crippen molar-refractivity contribution >= 4 is 17.5 Å². The van der Waals surface area contributed by atoms with Gasteiger partial charge in [-0.25, -0.2) is 4.98 Å². The van der Waals surface area contributed by atoms with E-state index >= 15 is 0 Å². The molecule has 1 fully saturated rings. The number of hydrogen-bond acceptors (Lipinski definition) is 5. The van der Waals surface area contributed by atoms with Crippen LogP contribution in [0.25, 0.3) is 11.4 Å². The summed E-state index contributed by atoms with van der Waals surface area (Å²) in [5.41, 5.74) is 7.04. The molecule has 1 aliphatic carbocycles. The van der Waals surface area contributed by atoms with E-state index in [1.54, 1.807) is 12.1 Å². The van der Waals surface area contributed by atoms with Crippen molar-refractivity contribution in [3.63, 3.8) is 0 Å². The first-order chi connectivity index (χ1) is 13.0. The molecule has 1 aromatic heterocycles. The average molecular weight is 370 g/mol. The molecule has 5 N–H and O–H groups in total. The van der Waals surface area contributed by atoms with Crippen molar-refractivity contribution in [2.75, 3.05) is 5.32 Å². The minimum absolute atomic E-state index is 0.0699. The molecule has 0 saturated heterocycles. The maximum absolute atomic E-state index is 12.2. The average Bonchev–Trinajstić information content (AvgIpc) is 3.34. The summed E-state index contributed by atoms with van der Waals surface area (Å²) in [7, 11) is 0. The van der Waals surface area contributed by atoms with Gasteiger partial charge < -0.3 is 16.4 Å². The molecule has 2 amide bonds. The maximum atomic E-state index is 12.2. The number of nitrogens with one attached hydrogen (secondary N) is 3. The van der Waals surface area contributed by atoms with Crippen molar-refractivity contribution in [1.82, 2.24) is 20.5 Å². The Bertz CT molecular complexity index is 780. The number of H-pyrrole nitrogens is 1. The van der Waals surface area contributed by atoms with Crippen molar-refractivity contribution in [2.24, 2.45) is 11.7 Å². The molecule has 1 saturated carbocycles. The van der Waals surface area contributed by atoms with Gasteiger partial charge in [0.05, 0.1) is 6.54 Å². The molecule has 144 valence electrons. The first kappa shape index (κ1) is 19.0. The third-order valence-electron chi connectivity index (χ3n) is 4.76. The number of rotatable bonds is 7. The van der Waals surface area contributed by atoms with Gasteiger partial charge in [0, 0.05) is 29.6 Å². The smallest absolute Gasteiger partial charge is 0.226 e. The monoisotopic (exact) mass is 370 g/mol. The lowest BCUT2D eigenvalue weighted by molar-refractivity contribution is -0.125. The van der Waals surface area contributed by atoms with Crippen molar-refractivity contribution in [3.05, 3.63) is 30.1 Å². The fraction of sp³-hybridized carbons (Fsp3) is 0.474. The fourth-order valence-corrected chi connectivity index (χ4v) is 3.31. The summed E-state index contributed by atoms with van der Waals surface area (Å²) in [6.45, 7) is 2.16. The van der Waals surface area contributed by atoms with Crippen molar-refractivity contribution < 1.29 is 9.59 Å². The van der Waals surface area contributed by atoms with E-state index in [-0.39, 0.29) is 30.2 Å². The second kappa shape index (κ2) is 8.77. The number of aromatic amines is 1. The minimum atomic E-state index is -0.194. The number of carbonyl (C=O) groups excluding carboxylic acids is 2. The highest BCUT2D eigenvalue weighted by molar-refractivity contribution is 5.91. The Morgan fingerprint density at radius 2 is 1.96 bits per heavy atom. The third kappa shape index (κ3) is 5.13. The quantitative estimate of drug-likeness (QED) is 0.593. The van der Waals surface area contributed by atoms with Crippen LogP contribution < -0.4 is 16.4 Å². The summed E-state index contributed by atoms with van der Waals surface area (Å²) in [5.74, 6) is 1.23. The molecule has 1 heterocycles. The molecule has 1 unspecified atom stereocenters. The van der Waals surface area contributed by atoms with Gasteiger partial charge in [0.1, 0.15) is 5.82 Å². The Morgan fingerprint density at radius 1 is 1.26 bits per heavy atom. The Balaban J connectivity index is 1.49. The largest absolute Gasteiger partial charge is 0.353 e. The molecule has 2 aromatic rings. The Labute approximate surface area is 158 Å². The number of amides is 2. The van der Waals surface area contributed by atoms with Gasteiger partial charge in [-0.2, -0.15) is 5.10 Å². The van der Waals surface area contributed by atoms with E-state index < -0.39 is 0 Å². The van der Waals surface area contributed by atoms with E-state index in [0.29, 0.717) is 23.9 Å². The van der Waals surface area contributed by atoms with Gasteiger partial charge in [-0.05, 0) is 44.0 Å². The molecule has 27 heavy (non-hydrogen) atoms. The lowest BCUT2D eigenvalue weighted by Crippen LogP contribution is -2.38. The Morgan fingerprint density at radius 3 is 2.59 bits per heavy atom. The zero-order valence-electron chi connectivity index (χ0n) is 15.5. The summed E-state index contributed by atoms with van der Waals surface area (Å²) < 4.78 is 0. The van der Waals surface area contributed by atoms with Gasteiger partial charge >= 0.3 is 0 Å². The number of nitrogens with zero attached hydrogens (tertiary/aromatic N) is 2. The second-order valence-electron chi connectivity index (χ2n) is 7.03. The van der Waals surface area contributed by atoms with Crippen molar-refractivity contribution in [3.8, 4) is 11.4 Å². The van der Waals surface area contributed by atoms with Crippen molar-refractivity contribution in [1.29, 1.82) is 0 Å². The lowest BCUT2D eigenvalue weighted by atomic mass is 10.1. The number of aromatic nitrogens is 3. The van der Waals surface area contributed by atoms with Crippen LogP contribution in [0.4, 0.5) is 5.69 Å². The third-order valence-corrected chi connectivity index (χ3v) is 4.76. The van der Waals surface area contributed by atoms with E-state index in [0.717, 1.165) is 31.2 Å². The summed E-state index contributed by atoms with van der Waals surface area (Å²) in [6.07, 6.45) is 4.37. The molecule has 0 aliphatic heterocycles. The van der Waals surface area contributed by atoms with Crippen LogP contribution in [0.2, 0.25) is 0 Å². The molecule has 3 rings (SSSR count). The van der Waals surface area contributed by atoms with Crippen LogP contribution in [0.1, 0.15) is 44.9 Å². The van der Waals surface area contributed by atoms with Gasteiger partial charge in [-0.15, -0.1) is 0 Å². The van der Waals surface area contributed by atoms with Crippen LogP contribution in [-0.4, -0.2) is 33.0 Å². The van der Waals surface area contributed by atoms with E-state index in [2.05, 4.69) is 25.8 Å². The molecule has 0 bridgehead atoms. The molecule has 1 atom stereocenters. The first-order valence-electron chi connectivity index (χ1n) is 9.37. The molecule has 0 radical (unpaired) electrons. The zero-order valence-corrected chi connectivity index (χ0v) is 15.5. The summed E-state index contributed by atoms with van der Waals surface area (Å²) in [5, 5.41) is 12.7. The fourth-order valence-electron chi connectivity index (χ4n) is 3.31. The number of nitrogens with two attached hydrogens (primary N) is 1. The molecular formula is C19H26N6O2.